The standard InChI is InChI=1S/C11H18N4O/c1-7-3-4-12-9(7)11(16)15-8(2)10-13-5-6-14-10/h5-9,12H,3-4H2,1-2H3,(H,13,14)(H,15,16). The summed E-state index contributed by atoms with van der Waals surface area (Å²) in [4.78, 5) is 19.1. The van der Waals surface area contributed by atoms with E-state index in [9.17, 15) is 4.79 Å². The van der Waals surface area contributed by atoms with Gasteiger partial charge in [0.25, 0.3) is 0 Å². The summed E-state index contributed by atoms with van der Waals surface area (Å²) in [7, 11) is 0. The van der Waals surface area contributed by atoms with Crippen molar-refractivity contribution in [2.45, 2.75) is 32.4 Å². The first-order valence-electron chi connectivity index (χ1n) is 5.71. The summed E-state index contributed by atoms with van der Waals surface area (Å²) in [6.45, 7) is 4.95. The van der Waals surface area contributed by atoms with Crippen LogP contribution >= 0.6 is 0 Å². The molecule has 0 radical (unpaired) electrons. The fraction of sp³-hybridized carbons (Fsp3) is 0.636. The lowest BCUT2D eigenvalue weighted by molar-refractivity contribution is -0.124. The maximum absolute atomic E-state index is 11.9. The number of imidazole rings is 1. The largest absolute Gasteiger partial charge is 0.347 e. The summed E-state index contributed by atoms with van der Waals surface area (Å²) >= 11 is 0. The van der Waals surface area contributed by atoms with E-state index in [0.717, 1.165) is 18.8 Å². The Hall–Kier alpha value is -1.36. The fourth-order valence-electron chi connectivity index (χ4n) is 2.07. The number of nitrogens with one attached hydrogen (secondary N) is 3. The molecule has 2 rings (SSSR count). The summed E-state index contributed by atoms with van der Waals surface area (Å²) in [6.07, 6.45) is 4.51. The smallest absolute Gasteiger partial charge is 0.237 e. The maximum atomic E-state index is 11.9. The third-order valence-electron chi connectivity index (χ3n) is 3.10. The van der Waals surface area contributed by atoms with Gasteiger partial charge in [0.05, 0.1) is 12.1 Å². The SMILES string of the molecule is CC(NC(=O)C1NCCC1C)c1ncc[nH]1. The monoisotopic (exact) mass is 222 g/mol. The van der Waals surface area contributed by atoms with Crippen molar-refractivity contribution in [3.63, 3.8) is 0 Å². The second-order valence-electron chi connectivity index (χ2n) is 4.40. The van der Waals surface area contributed by atoms with Gasteiger partial charge in [0.1, 0.15) is 5.82 Å². The van der Waals surface area contributed by atoms with Crippen LogP contribution in [0.3, 0.4) is 0 Å². The molecule has 0 bridgehead atoms. The van der Waals surface area contributed by atoms with Crippen molar-refractivity contribution in [2.75, 3.05) is 6.54 Å². The molecule has 1 aliphatic rings. The molecule has 1 aliphatic heterocycles. The van der Waals surface area contributed by atoms with Gasteiger partial charge in [-0.1, -0.05) is 6.92 Å². The van der Waals surface area contributed by atoms with E-state index >= 15 is 0 Å². The summed E-state index contributed by atoms with van der Waals surface area (Å²) in [5.74, 6) is 1.26. The number of aromatic amines is 1. The summed E-state index contributed by atoms with van der Waals surface area (Å²) in [5.41, 5.74) is 0. The van der Waals surface area contributed by atoms with E-state index in [1.165, 1.54) is 0 Å². The van der Waals surface area contributed by atoms with Crippen LogP contribution in [0.15, 0.2) is 12.4 Å². The minimum Gasteiger partial charge on any atom is -0.347 e. The number of H-pyrrole nitrogens is 1. The molecule has 3 atom stereocenters. The molecule has 2 heterocycles. The van der Waals surface area contributed by atoms with Gasteiger partial charge in [0, 0.05) is 12.4 Å². The first kappa shape index (κ1) is 11.1. The number of aromatic nitrogens is 2. The van der Waals surface area contributed by atoms with Crippen LogP contribution in [0.5, 0.6) is 0 Å². The van der Waals surface area contributed by atoms with Crippen molar-refractivity contribution in [3.8, 4) is 0 Å². The maximum Gasteiger partial charge on any atom is 0.237 e. The molecule has 0 spiro atoms. The van der Waals surface area contributed by atoms with E-state index in [2.05, 4.69) is 27.5 Å². The van der Waals surface area contributed by atoms with Gasteiger partial charge < -0.3 is 15.6 Å². The highest BCUT2D eigenvalue weighted by Crippen LogP contribution is 2.15. The predicted octanol–water partition coefficient (Wildman–Crippen LogP) is 0.585. The second-order valence-corrected chi connectivity index (χ2v) is 4.40. The van der Waals surface area contributed by atoms with Gasteiger partial charge in [0.2, 0.25) is 5.91 Å². The first-order chi connectivity index (χ1) is 7.68. The topological polar surface area (TPSA) is 69.8 Å². The Bertz CT molecular complexity index is 349. The van der Waals surface area contributed by atoms with Crippen molar-refractivity contribution in [1.82, 2.24) is 20.6 Å². The van der Waals surface area contributed by atoms with Crippen molar-refractivity contribution in [2.24, 2.45) is 5.92 Å². The molecular formula is C11H18N4O. The first-order valence-corrected chi connectivity index (χ1v) is 5.71. The van der Waals surface area contributed by atoms with Gasteiger partial charge >= 0.3 is 0 Å². The van der Waals surface area contributed by atoms with Crippen molar-refractivity contribution < 1.29 is 4.79 Å². The predicted molar refractivity (Wildman–Crippen MR) is 60.7 cm³/mol. The van der Waals surface area contributed by atoms with Gasteiger partial charge in [-0.2, -0.15) is 0 Å². The highest BCUT2D eigenvalue weighted by molar-refractivity contribution is 5.82. The molecule has 88 valence electrons. The summed E-state index contributed by atoms with van der Waals surface area (Å²) in [5, 5.41) is 6.17. The lowest BCUT2D eigenvalue weighted by Crippen LogP contribution is -2.44. The minimum absolute atomic E-state index is 0.0580. The van der Waals surface area contributed by atoms with E-state index in [1.54, 1.807) is 12.4 Å². The van der Waals surface area contributed by atoms with Crippen LogP contribution in [0.4, 0.5) is 0 Å². The highest BCUT2D eigenvalue weighted by atomic mass is 16.2. The zero-order valence-electron chi connectivity index (χ0n) is 9.66. The van der Waals surface area contributed by atoms with E-state index in [4.69, 9.17) is 0 Å². The zero-order chi connectivity index (χ0) is 11.5. The Morgan fingerprint density at radius 1 is 1.69 bits per heavy atom. The van der Waals surface area contributed by atoms with Crippen LogP contribution in [0.1, 0.15) is 32.1 Å². The van der Waals surface area contributed by atoms with Gasteiger partial charge in [-0.25, -0.2) is 4.98 Å². The molecule has 1 aromatic heterocycles. The molecule has 1 amide bonds. The van der Waals surface area contributed by atoms with Gasteiger partial charge in [0.15, 0.2) is 0 Å². The molecule has 1 saturated heterocycles. The summed E-state index contributed by atoms with van der Waals surface area (Å²) < 4.78 is 0. The average molecular weight is 222 g/mol. The Balaban J connectivity index is 1.92. The van der Waals surface area contributed by atoms with E-state index in [-0.39, 0.29) is 18.0 Å². The number of carbonyl (C=O) groups excluding carboxylic acids is 1. The molecule has 3 unspecified atom stereocenters. The quantitative estimate of drug-likeness (QED) is 0.701. The van der Waals surface area contributed by atoms with Crippen LogP contribution in [0.25, 0.3) is 0 Å². The molecule has 0 saturated carbocycles. The Morgan fingerprint density at radius 3 is 3.06 bits per heavy atom. The molecule has 5 nitrogen and oxygen atoms in total. The molecule has 3 N–H and O–H groups in total. The van der Waals surface area contributed by atoms with Crippen LogP contribution in [0.2, 0.25) is 0 Å². The number of amides is 1. The number of hydrogen-bond acceptors (Lipinski definition) is 3. The molecule has 5 heteroatoms. The number of carbonyl (C=O) groups is 1. The van der Waals surface area contributed by atoms with Gasteiger partial charge in [-0.05, 0) is 25.8 Å². The van der Waals surface area contributed by atoms with Crippen LogP contribution in [-0.4, -0.2) is 28.5 Å². The zero-order valence-corrected chi connectivity index (χ0v) is 9.66. The average Bonchev–Trinajstić information content (AvgIpc) is 2.86. The number of rotatable bonds is 3. The number of hydrogen-bond donors (Lipinski definition) is 3. The second kappa shape index (κ2) is 4.65. The fourth-order valence-corrected chi connectivity index (χ4v) is 2.07. The van der Waals surface area contributed by atoms with E-state index in [1.807, 2.05) is 6.92 Å². The normalized spacial score (nSPS) is 26.6. The Labute approximate surface area is 95.0 Å². The molecular weight excluding hydrogens is 204 g/mol. The molecule has 0 aromatic carbocycles. The lowest BCUT2D eigenvalue weighted by Gasteiger charge is -2.18. The van der Waals surface area contributed by atoms with Crippen LogP contribution in [0, 0.1) is 5.92 Å². The number of nitrogens with zero attached hydrogens (tertiary/aromatic N) is 1. The summed E-state index contributed by atoms with van der Waals surface area (Å²) in [6, 6.07) is -0.130. The van der Waals surface area contributed by atoms with Gasteiger partial charge in [-0.3, -0.25) is 4.79 Å². The molecule has 16 heavy (non-hydrogen) atoms. The van der Waals surface area contributed by atoms with Crippen LogP contribution in [-0.2, 0) is 4.79 Å². The van der Waals surface area contributed by atoms with Crippen LogP contribution < -0.4 is 10.6 Å². The van der Waals surface area contributed by atoms with E-state index in [0.29, 0.717) is 5.92 Å². The molecule has 0 aliphatic carbocycles. The van der Waals surface area contributed by atoms with Crippen molar-refractivity contribution >= 4 is 5.91 Å². The molecule has 1 aromatic rings. The Kier molecular flexibility index (Phi) is 3.24. The van der Waals surface area contributed by atoms with Crippen molar-refractivity contribution in [3.05, 3.63) is 18.2 Å². The third-order valence-corrected chi connectivity index (χ3v) is 3.10. The Morgan fingerprint density at radius 2 is 2.50 bits per heavy atom. The lowest BCUT2D eigenvalue weighted by atomic mass is 10.0. The third kappa shape index (κ3) is 2.24. The highest BCUT2D eigenvalue weighted by Gasteiger charge is 2.30. The molecule has 1 fully saturated rings. The van der Waals surface area contributed by atoms with Crippen molar-refractivity contribution in [1.29, 1.82) is 0 Å². The van der Waals surface area contributed by atoms with E-state index < -0.39 is 0 Å². The minimum atomic E-state index is -0.0721. The van der Waals surface area contributed by atoms with Gasteiger partial charge in [-0.15, -0.1) is 0 Å².